The highest BCUT2D eigenvalue weighted by molar-refractivity contribution is 5.98. The zero-order chi connectivity index (χ0) is 33.6. The largest absolute Gasteiger partial charge is 0.378 e. The van der Waals surface area contributed by atoms with Crippen molar-refractivity contribution in [2.45, 2.75) is 23.3 Å². The van der Waals surface area contributed by atoms with Crippen molar-refractivity contribution in [3.8, 4) is 33.4 Å². The molecule has 0 heterocycles. The Morgan fingerprint density at radius 3 is 1.43 bits per heavy atom. The molecule has 1 atom stereocenters. The van der Waals surface area contributed by atoms with Gasteiger partial charge in [-0.25, -0.2) is 0 Å². The Labute approximate surface area is 299 Å². The van der Waals surface area contributed by atoms with Crippen LogP contribution in [-0.2, 0) is 10.8 Å². The molecule has 0 radical (unpaired) electrons. The summed E-state index contributed by atoms with van der Waals surface area (Å²) in [5, 5.41) is 4.12. The highest BCUT2D eigenvalue weighted by atomic mass is 14.9. The number of hydrogen-bond acceptors (Lipinski definition) is 1. The van der Waals surface area contributed by atoms with Gasteiger partial charge in [0, 0.05) is 17.3 Å². The summed E-state index contributed by atoms with van der Waals surface area (Å²) in [6.07, 6.45) is 7.91. The molecule has 1 spiro atoms. The number of nitrogens with one attached hydrogen (secondary N) is 1. The zero-order valence-electron chi connectivity index (χ0n) is 28.2. The molecule has 0 aromatic heterocycles. The third-order valence-corrected chi connectivity index (χ3v) is 12.1. The third kappa shape index (κ3) is 3.65. The van der Waals surface area contributed by atoms with Crippen LogP contribution < -0.4 is 5.32 Å². The highest BCUT2D eigenvalue weighted by Crippen LogP contribution is 2.64. The van der Waals surface area contributed by atoms with Gasteiger partial charge in [0.05, 0.1) is 10.8 Å². The van der Waals surface area contributed by atoms with E-state index in [4.69, 9.17) is 0 Å². The Balaban J connectivity index is 1.06. The van der Waals surface area contributed by atoms with Gasteiger partial charge in [0.25, 0.3) is 0 Å². The summed E-state index contributed by atoms with van der Waals surface area (Å²) in [7, 11) is 0. The fraction of sp³-hybridized carbons (Fsp3) is 0.0800. The number of hydrogen-bond donors (Lipinski definition) is 1. The molecule has 7 aromatic rings. The molecular formula is C50H35N. The lowest BCUT2D eigenvalue weighted by Crippen LogP contribution is -2.33. The second kappa shape index (κ2) is 10.7. The summed E-state index contributed by atoms with van der Waals surface area (Å²) in [5.41, 5.74) is 19.4. The van der Waals surface area contributed by atoms with Crippen molar-refractivity contribution in [1.29, 1.82) is 0 Å². The standard InChI is InChI=1S/C50H35N/c1-2-16-33(17-3-1)49(41-25-9-4-20-36(41)37-21-5-10-26-42(37)49)34-18-14-19-35(32-34)51-47-31-15-30-46-48(47)40-24-8-13-29-45(40)50(46)43-27-11-6-22-38(43)39-23-7-12-28-44(39)50/h1-31,35,51H,32H2. The van der Waals surface area contributed by atoms with Crippen molar-refractivity contribution in [2.24, 2.45) is 0 Å². The van der Waals surface area contributed by atoms with Crippen molar-refractivity contribution in [3.63, 3.8) is 0 Å². The summed E-state index contributed by atoms with van der Waals surface area (Å²) in [6, 6.07) is 63.4. The maximum atomic E-state index is 4.12. The van der Waals surface area contributed by atoms with E-state index in [0.29, 0.717) is 0 Å². The minimum Gasteiger partial charge on any atom is -0.378 e. The van der Waals surface area contributed by atoms with Crippen LogP contribution in [0.15, 0.2) is 194 Å². The monoisotopic (exact) mass is 649 g/mol. The van der Waals surface area contributed by atoms with Crippen LogP contribution in [0.2, 0.25) is 0 Å². The molecule has 0 aliphatic heterocycles. The normalized spacial score (nSPS) is 17.5. The lowest BCUT2D eigenvalue weighted by molar-refractivity contribution is 0.670. The first-order valence-electron chi connectivity index (χ1n) is 18.1. The quantitative estimate of drug-likeness (QED) is 0.200. The molecule has 4 aliphatic rings. The maximum absolute atomic E-state index is 4.12. The smallest absolute Gasteiger partial charge is 0.0726 e. The van der Waals surface area contributed by atoms with Gasteiger partial charge in [0.15, 0.2) is 0 Å². The van der Waals surface area contributed by atoms with Gasteiger partial charge in [-0.3, -0.25) is 0 Å². The molecule has 240 valence electrons. The molecule has 7 aromatic carbocycles. The Morgan fingerprint density at radius 1 is 0.412 bits per heavy atom. The van der Waals surface area contributed by atoms with E-state index in [2.05, 4.69) is 193 Å². The number of anilines is 1. The molecule has 4 aliphatic carbocycles. The first-order chi connectivity index (χ1) is 25.3. The van der Waals surface area contributed by atoms with Crippen LogP contribution in [0, 0.1) is 0 Å². The van der Waals surface area contributed by atoms with Crippen LogP contribution in [-0.4, -0.2) is 6.04 Å². The fourth-order valence-corrected chi connectivity index (χ4v) is 10.3. The molecule has 51 heavy (non-hydrogen) atoms. The van der Waals surface area contributed by atoms with Crippen LogP contribution >= 0.6 is 0 Å². The SMILES string of the molecule is C1=CC(Nc2cccc3c2-c2ccccc2C32c3ccccc3-c3ccccc32)CC(C2(c3ccccc3)c3ccccc3-c3ccccc32)=C1. The van der Waals surface area contributed by atoms with Gasteiger partial charge in [-0.2, -0.15) is 0 Å². The molecule has 1 N–H and O–H groups in total. The topological polar surface area (TPSA) is 12.0 Å². The Hall–Kier alpha value is -6.18. The first-order valence-corrected chi connectivity index (χ1v) is 18.1. The summed E-state index contributed by atoms with van der Waals surface area (Å²) >= 11 is 0. The van der Waals surface area contributed by atoms with Crippen molar-refractivity contribution < 1.29 is 0 Å². The van der Waals surface area contributed by atoms with Crippen molar-refractivity contribution in [1.82, 2.24) is 0 Å². The molecule has 0 fully saturated rings. The van der Waals surface area contributed by atoms with Gasteiger partial charge in [-0.05, 0) is 84.8 Å². The minimum absolute atomic E-state index is 0.115. The van der Waals surface area contributed by atoms with Crippen LogP contribution in [0.4, 0.5) is 5.69 Å². The van der Waals surface area contributed by atoms with Gasteiger partial charge in [0.1, 0.15) is 0 Å². The number of fused-ring (bicyclic) bond motifs is 13. The predicted molar refractivity (Wildman–Crippen MR) is 210 cm³/mol. The first kappa shape index (κ1) is 28.6. The maximum Gasteiger partial charge on any atom is 0.0726 e. The average Bonchev–Trinajstić information content (AvgIpc) is 3.79. The Bertz CT molecular complexity index is 2510. The lowest BCUT2D eigenvalue weighted by atomic mass is 9.65. The van der Waals surface area contributed by atoms with Gasteiger partial charge in [0.2, 0.25) is 0 Å². The van der Waals surface area contributed by atoms with E-state index in [0.717, 1.165) is 6.42 Å². The van der Waals surface area contributed by atoms with Crippen LogP contribution in [0.1, 0.15) is 45.4 Å². The number of benzene rings is 7. The molecule has 0 saturated carbocycles. The summed E-state index contributed by atoms with van der Waals surface area (Å²) < 4.78 is 0. The van der Waals surface area contributed by atoms with E-state index in [1.807, 2.05) is 0 Å². The van der Waals surface area contributed by atoms with E-state index in [1.54, 1.807) is 0 Å². The van der Waals surface area contributed by atoms with Crippen LogP contribution in [0.3, 0.4) is 0 Å². The molecule has 0 amide bonds. The molecule has 1 nitrogen and oxygen atoms in total. The summed E-state index contributed by atoms with van der Waals surface area (Å²) in [4.78, 5) is 0. The molecular weight excluding hydrogens is 615 g/mol. The van der Waals surface area contributed by atoms with E-state index in [9.17, 15) is 0 Å². The average molecular weight is 650 g/mol. The molecule has 1 heteroatoms. The van der Waals surface area contributed by atoms with Gasteiger partial charge in [-0.1, -0.05) is 182 Å². The molecule has 0 bridgehead atoms. The predicted octanol–water partition coefficient (Wildman–Crippen LogP) is 11.7. The summed E-state index contributed by atoms with van der Waals surface area (Å²) in [5.74, 6) is 0. The second-order valence-corrected chi connectivity index (χ2v) is 14.4. The molecule has 11 rings (SSSR count). The highest BCUT2D eigenvalue weighted by Gasteiger charge is 2.52. The lowest BCUT2D eigenvalue weighted by Gasteiger charge is -2.38. The van der Waals surface area contributed by atoms with Crippen LogP contribution in [0.25, 0.3) is 33.4 Å². The minimum atomic E-state index is -0.369. The van der Waals surface area contributed by atoms with Gasteiger partial charge >= 0.3 is 0 Å². The second-order valence-electron chi connectivity index (χ2n) is 14.4. The summed E-state index contributed by atoms with van der Waals surface area (Å²) in [6.45, 7) is 0. The zero-order valence-corrected chi connectivity index (χ0v) is 28.2. The molecule has 1 unspecified atom stereocenters. The fourth-order valence-electron chi connectivity index (χ4n) is 10.3. The van der Waals surface area contributed by atoms with Gasteiger partial charge in [-0.15, -0.1) is 0 Å². The van der Waals surface area contributed by atoms with E-state index in [-0.39, 0.29) is 16.9 Å². The van der Waals surface area contributed by atoms with E-state index >= 15 is 0 Å². The van der Waals surface area contributed by atoms with E-state index < -0.39 is 0 Å². The van der Waals surface area contributed by atoms with Crippen molar-refractivity contribution in [2.75, 3.05) is 5.32 Å². The Kier molecular flexibility index (Phi) is 5.99. The third-order valence-electron chi connectivity index (χ3n) is 12.1. The van der Waals surface area contributed by atoms with Crippen LogP contribution in [0.5, 0.6) is 0 Å². The number of rotatable bonds is 4. The van der Waals surface area contributed by atoms with Crippen molar-refractivity contribution in [3.05, 3.63) is 233 Å². The van der Waals surface area contributed by atoms with E-state index in [1.165, 1.54) is 83.6 Å². The van der Waals surface area contributed by atoms with Gasteiger partial charge < -0.3 is 5.32 Å². The Morgan fingerprint density at radius 2 is 0.863 bits per heavy atom. The van der Waals surface area contributed by atoms with Crippen molar-refractivity contribution >= 4 is 5.69 Å². The number of allylic oxidation sites excluding steroid dienone is 2. The molecule has 0 saturated heterocycles.